The molecule has 0 aromatic heterocycles. The van der Waals surface area contributed by atoms with Gasteiger partial charge in [-0.05, 0) is 42.5 Å². The molecule has 0 saturated carbocycles. The van der Waals surface area contributed by atoms with Crippen molar-refractivity contribution in [1.29, 1.82) is 0 Å². The Morgan fingerprint density at radius 1 is 1.15 bits per heavy atom. The van der Waals surface area contributed by atoms with Crippen molar-refractivity contribution in [2.45, 2.75) is 26.1 Å². The lowest BCUT2D eigenvalue weighted by Crippen LogP contribution is -2.31. The first-order valence-electron chi connectivity index (χ1n) is 7.20. The first-order valence-corrected chi connectivity index (χ1v) is 7.73. The highest BCUT2D eigenvalue weighted by atomic mass is 35.5. The van der Waals surface area contributed by atoms with Crippen molar-refractivity contribution in [3.8, 4) is 0 Å². The van der Waals surface area contributed by atoms with Crippen LogP contribution in [0.2, 0.25) is 0 Å². The van der Waals surface area contributed by atoms with Crippen LogP contribution in [0, 0.1) is 12.8 Å². The van der Waals surface area contributed by atoms with Gasteiger partial charge in [0.25, 0.3) is 0 Å². The molecule has 3 rings (SSSR count). The van der Waals surface area contributed by atoms with E-state index in [-0.39, 0.29) is 0 Å². The van der Waals surface area contributed by atoms with Gasteiger partial charge in [0, 0.05) is 23.8 Å². The van der Waals surface area contributed by atoms with E-state index in [1.54, 1.807) is 0 Å². The normalized spacial score (nSPS) is 17.9. The molecule has 1 heterocycles. The molecule has 1 unspecified atom stereocenters. The number of rotatable bonds is 2. The fraction of sp³-hybridized carbons (Fsp3) is 0.333. The van der Waals surface area contributed by atoms with E-state index < -0.39 is 0 Å². The second-order valence-electron chi connectivity index (χ2n) is 5.81. The maximum absolute atomic E-state index is 6.16. The molecular formula is C18H20ClN. The van der Waals surface area contributed by atoms with Gasteiger partial charge in [0.2, 0.25) is 0 Å². The molecule has 20 heavy (non-hydrogen) atoms. The van der Waals surface area contributed by atoms with Gasteiger partial charge in [-0.2, -0.15) is 0 Å². The topological polar surface area (TPSA) is 3.24 Å². The third-order valence-electron chi connectivity index (χ3n) is 4.01. The van der Waals surface area contributed by atoms with Gasteiger partial charge in [0.15, 0.2) is 0 Å². The Morgan fingerprint density at radius 2 is 1.95 bits per heavy atom. The van der Waals surface area contributed by atoms with Gasteiger partial charge in [-0.25, -0.2) is 0 Å². The summed E-state index contributed by atoms with van der Waals surface area (Å²) in [5, 5.41) is 0. The number of fused-ring (bicyclic) bond motifs is 1. The molecule has 2 aromatic rings. The van der Waals surface area contributed by atoms with Gasteiger partial charge in [0.05, 0.1) is 0 Å². The first-order chi connectivity index (χ1) is 9.69. The third kappa shape index (κ3) is 2.43. The number of nitrogens with zero attached hydrogens (tertiary/aromatic N) is 1. The van der Waals surface area contributed by atoms with E-state index in [2.05, 4.69) is 61.2 Å². The van der Waals surface area contributed by atoms with Gasteiger partial charge in [0.1, 0.15) is 0 Å². The standard InChI is InChI=1S/C18H20ClN/c1-13-7-8-18(16(9-13)11-19)20-12-14(2)10-15-5-3-4-6-17(15)20/h3-9,14H,10-12H2,1-2H3. The molecule has 1 nitrogen and oxygen atoms in total. The zero-order chi connectivity index (χ0) is 14.1. The lowest BCUT2D eigenvalue weighted by atomic mass is 9.93. The summed E-state index contributed by atoms with van der Waals surface area (Å²) in [5.74, 6) is 1.22. The Hall–Kier alpha value is -1.47. The van der Waals surface area contributed by atoms with Crippen LogP contribution in [0.3, 0.4) is 0 Å². The number of hydrogen-bond donors (Lipinski definition) is 0. The molecule has 2 heteroatoms. The lowest BCUT2D eigenvalue weighted by molar-refractivity contribution is 0.562. The van der Waals surface area contributed by atoms with Crippen molar-refractivity contribution in [2.24, 2.45) is 5.92 Å². The van der Waals surface area contributed by atoms with Crippen LogP contribution in [0.4, 0.5) is 11.4 Å². The second-order valence-corrected chi connectivity index (χ2v) is 6.08. The van der Waals surface area contributed by atoms with Crippen molar-refractivity contribution in [1.82, 2.24) is 0 Å². The Balaban J connectivity index is 2.10. The van der Waals surface area contributed by atoms with E-state index >= 15 is 0 Å². The summed E-state index contributed by atoms with van der Waals surface area (Å²) in [4.78, 5) is 2.43. The number of benzene rings is 2. The number of aryl methyl sites for hydroxylation is 1. The van der Waals surface area contributed by atoms with Gasteiger partial charge in [-0.15, -0.1) is 11.6 Å². The molecular weight excluding hydrogens is 266 g/mol. The Morgan fingerprint density at radius 3 is 2.75 bits per heavy atom. The van der Waals surface area contributed by atoms with Crippen molar-refractivity contribution in [3.05, 3.63) is 59.2 Å². The summed E-state index contributed by atoms with van der Waals surface area (Å²) in [7, 11) is 0. The van der Waals surface area contributed by atoms with E-state index in [9.17, 15) is 0 Å². The maximum atomic E-state index is 6.16. The quantitative estimate of drug-likeness (QED) is 0.697. The van der Waals surface area contributed by atoms with E-state index in [0.29, 0.717) is 11.8 Å². The summed E-state index contributed by atoms with van der Waals surface area (Å²) in [6.45, 7) is 5.49. The third-order valence-corrected chi connectivity index (χ3v) is 4.30. The molecule has 1 aliphatic rings. The number of halogens is 1. The lowest BCUT2D eigenvalue weighted by Gasteiger charge is -2.36. The molecule has 0 amide bonds. The average molecular weight is 286 g/mol. The monoisotopic (exact) mass is 285 g/mol. The fourth-order valence-electron chi connectivity index (χ4n) is 3.11. The van der Waals surface area contributed by atoms with E-state index in [1.165, 1.54) is 28.1 Å². The van der Waals surface area contributed by atoms with E-state index in [4.69, 9.17) is 11.6 Å². The number of hydrogen-bond acceptors (Lipinski definition) is 1. The summed E-state index contributed by atoms with van der Waals surface area (Å²) in [5.41, 5.74) is 6.51. The molecule has 0 fully saturated rings. The molecule has 0 radical (unpaired) electrons. The van der Waals surface area contributed by atoms with Crippen molar-refractivity contribution in [2.75, 3.05) is 11.4 Å². The Kier molecular flexibility index (Phi) is 3.71. The van der Waals surface area contributed by atoms with Crippen LogP contribution in [0.15, 0.2) is 42.5 Å². The molecule has 0 spiro atoms. The van der Waals surface area contributed by atoms with Crippen LogP contribution < -0.4 is 4.90 Å². The molecule has 0 aliphatic carbocycles. The van der Waals surface area contributed by atoms with Gasteiger partial charge in [-0.1, -0.05) is 42.8 Å². The predicted octanol–water partition coefficient (Wildman–Crippen LogP) is 5.06. The van der Waals surface area contributed by atoms with Crippen LogP contribution in [-0.2, 0) is 12.3 Å². The van der Waals surface area contributed by atoms with Crippen molar-refractivity contribution in [3.63, 3.8) is 0 Å². The van der Waals surface area contributed by atoms with Gasteiger partial charge < -0.3 is 4.90 Å². The van der Waals surface area contributed by atoms with E-state index in [1.807, 2.05) is 0 Å². The van der Waals surface area contributed by atoms with E-state index in [0.717, 1.165) is 13.0 Å². The molecule has 2 aromatic carbocycles. The van der Waals surface area contributed by atoms with Crippen LogP contribution in [0.1, 0.15) is 23.6 Å². The fourth-order valence-corrected chi connectivity index (χ4v) is 3.32. The number of anilines is 2. The highest BCUT2D eigenvalue weighted by molar-refractivity contribution is 6.17. The zero-order valence-corrected chi connectivity index (χ0v) is 12.8. The molecule has 1 atom stereocenters. The summed E-state index contributed by atoms with van der Waals surface area (Å²) in [6.07, 6.45) is 1.16. The van der Waals surface area contributed by atoms with Crippen molar-refractivity contribution >= 4 is 23.0 Å². The highest BCUT2D eigenvalue weighted by Gasteiger charge is 2.23. The predicted molar refractivity (Wildman–Crippen MR) is 87.1 cm³/mol. The molecule has 0 N–H and O–H groups in total. The zero-order valence-electron chi connectivity index (χ0n) is 12.1. The first kappa shape index (κ1) is 13.5. The highest BCUT2D eigenvalue weighted by Crippen LogP contribution is 2.37. The molecule has 0 saturated heterocycles. The van der Waals surface area contributed by atoms with Crippen LogP contribution in [-0.4, -0.2) is 6.54 Å². The van der Waals surface area contributed by atoms with Gasteiger partial charge >= 0.3 is 0 Å². The summed E-state index contributed by atoms with van der Waals surface area (Å²) in [6, 6.07) is 15.3. The minimum absolute atomic E-state index is 0.560. The van der Waals surface area contributed by atoms with Crippen LogP contribution >= 0.6 is 11.6 Å². The van der Waals surface area contributed by atoms with Gasteiger partial charge in [-0.3, -0.25) is 0 Å². The molecule has 0 bridgehead atoms. The molecule has 1 aliphatic heterocycles. The summed E-state index contributed by atoms with van der Waals surface area (Å²) >= 11 is 6.16. The average Bonchev–Trinajstić information content (AvgIpc) is 2.46. The largest absolute Gasteiger partial charge is 0.341 e. The minimum atomic E-state index is 0.560. The Bertz CT molecular complexity index is 621. The smallest absolute Gasteiger partial charge is 0.0494 e. The SMILES string of the molecule is Cc1ccc(N2CC(C)Cc3ccccc32)c(CCl)c1. The number of alkyl halides is 1. The summed E-state index contributed by atoms with van der Waals surface area (Å²) < 4.78 is 0. The molecule has 104 valence electrons. The van der Waals surface area contributed by atoms with Crippen LogP contribution in [0.25, 0.3) is 0 Å². The van der Waals surface area contributed by atoms with Crippen molar-refractivity contribution < 1.29 is 0 Å². The maximum Gasteiger partial charge on any atom is 0.0494 e. The number of para-hydroxylation sites is 1. The Labute approximate surface area is 126 Å². The second kappa shape index (κ2) is 5.49. The minimum Gasteiger partial charge on any atom is -0.341 e. The van der Waals surface area contributed by atoms with Crippen LogP contribution in [0.5, 0.6) is 0 Å².